The van der Waals surface area contributed by atoms with Crippen molar-refractivity contribution in [2.75, 3.05) is 37.6 Å². The van der Waals surface area contributed by atoms with E-state index in [0.717, 1.165) is 71.2 Å². The van der Waals surface area contributed by atoms with E-state index in [1.165, 1.54) is 36.9 Å². The summed E-state index contributed by atoms with van der Waals surface area (Å²) in [6.45, 7) is 7.32. The van der Waals surface area contributed by atoms with Crippen molar-refractivity contribution >= 4 is 16.0 Å². The number of anilines is 1. The summed E-state index contributed by atoms with van der Waals surface area (Å²) in [6, 6.07) is 5.73. The van der Waals surface area contributed by atoms with Gasteiger partial charge in [0.05, 0.1) is 25.0 Å². The van der Waals surface area contributed by atoms with E-state index in [4.69, 9.17) is 4.74 Å². The fourth-order valence-electron chi connectivity index (χ4n) is 8.14. The Hall–Kier alpha value is -1.45. The largest absolute Gasteiger partial charge is 0.393 e. The van der Waals surface area contributed by atoms with Crippen LogP contribution < -0.4 is 4.72 Å². The van der Waals surface area contributed by atoms with Crippen molar-refractivity contribution in [2.45, 2.75) is 83.2 Å². The molecule has 0 aromatic heterocycles. The second kappa shape index (κ2) is 11.0. The first-order valence-electron chi connectivity index (χ1n) is 14.3. The van der Waals surface area contributed by atoms with Gasteiger partial charge in [-0.1, -0.05) is 31.6 Å². The molecule has 3 fully saturated rings. The third-order valence-electron chi connectivity index (χ3n) is 10.0. The summed E-state index contributed by atoms with van der Waals surface area (Å²) in [5, 5.41) is 11.0. The van der Waals surface area contributed by atoms with Crippen molar-refractivity contribution in [2.24, 2.45) is 16.7 Å². The minimum Gasteiger partial charge on any atom is -0.393 e. The van der Waals surface area contributed by atoms with E-state index in [-0.39, 0.29) is 16.9 Å². The van der Waals surface area contributed by atoms with Crippen LogP contribution in [0.1, 0.15) is 81.8 Å². The number of ether oxygens (including phenoxy) is 1. The van der Waals surface area contributed by atoms with Crippen LogP contribution in [0.4, 0.5) is 5.69 Å². The average Bonchev–Trinajstić information content (AvgIpc) is 3.18. The molecule has 0 amide bonds. The number of hydrogen-bond donors (Lipinski definition) is 3. The van der Waals surface area contributed by atoms with Crippen LogP contribution in [0.3, 0.4) is 0 Å². The molecule has 0 spiro atoms. The van der Waals surface area contributed by atoms with Crippen molar-refractivity contribution in [3.05, 3.63) is 41.5 Å². The Morgan fingerprint density at radius 2 is 1.95 bits per heavy atom. The predicted octanol–water partition coefficient (Wildman–Crippen LogP) is 4.94. The van der Waals surface area contributed by atoms with Gasteiger partial charge in [0.2, 0.25) is 0 Å². The lowest BCUT2D eigenvalue weighted by atomic mass is 9.47. The Morgan fingerprint density at radius 3 is 2.73 bits per heavy atom. The van der Waals surface area contributed by atoms with Gasteiger partial charge in [-0.3, -0.25) is 14.2 Å². The number of nitrogens with one attached hydrogen (secondary N) is 1. The van der Waals surface area contributed by atoms with Crippen molar-refractivity contribution in [1.29, 1.82) is 0 Å². The lowest BCUT2D eigenvalue weighted by molar-refractivity contribution is -0.0530. The second-order valence-corrected chi connectivity index (χ2v) is 13.2. The Morgan fingerprint density at radius 1 is 1.14 bits per heavy atom. The molecule has 3 unspecified atom stereocenters. The summed E-state index contributed by atoms with van der Waals surface area (Å²) < 4.78 is 39.6. The van der Waals surface area contributed by atoms with E-state index in [0.29, 0.717) is 17.5 Å². The molecule has 5 rings (SSSR count). The molecular weight excluding hydrogens is 488 g/mol. The standard InChI is InChI=1S/C29H44N2O5S/c1-28-14-12-25-24-8-7-23(30-37(33,34)35)21-22(24)11-15-29(25,26(28)9-10-27(28)32)13-5-3-2-4-6-16-31-17-19-36-20-18-31/h5,7-8,13,21,25-27,30,32H,2-4,6,9-12,14-20H2,1H3,(H,33,34,35)/t25?,26?,27-,28-,29?/m0/s1. The van der Waals surface area contributed by atoms with Gasteiger partial charge in [-0.25, -0.2) is 0 Å². The molecule has 1 heterocycles. The van der Waals surface area contributed by atoms with E-state index in [9.17, 15) is 18.1 Å². The lowest BCUT2D eigenvalue weighted by Gasteiger charge is -2.57. The number of fused-ring (bicyclic) bond motifs is 5. The molecule has 3 N–H and O–H groups in total. The molecule has 1 aliphatic heterocycles. The van der Waals surface area contributed by atoms with Crippen LogP contribution in [0.5, 0.6) is 0 Å². The molecule has 3 aliphatic carbocycles. The molecule has 0 bridgehead atoms. The molecule has 5 atom stereocenters. The third kappa shape index (κ3) is 5.64. The zero-order chi connectivity index (χ0) is 26.1. The highest BCUT2D eigenvalue weighted by atomic mass is 32.2. The molecule has 37 heavy (non-hydrogen) atoms. The van der Waals surface area contributed by atoms with Crippen LogP contribution in [-0.2, 0) is 21.5 Å². The van der Waals surface area contributed by atoms with E-state index in [1.54, 1.807) is 6.07 Å². The van der Waals surface area contributed by atoms with Gasteiger partial charge in [-0.2, -0.15) is 8.42 Å². The maximum Gasteiger partial charge on any atom is 0.357 e. The summed E-state index contributed by atoms with van der Waals surface area (Å²) >= 11 is 0. The molecule has 1 aromatic carbocycles. The molecule has 1 aromatic rings. The normalized spacial score (nSPS) is 34.2. The van der Waals surface area contributed by atoms with Gasteiger partial charge in [0, 0.05) is 13.1 Å². The number of rotatable bonds is 9. The van der Waals surface area contributed by atoms with Gasteiger partial charge in [0.25, 0.3) is 0 Å². The Kier molecular flexibility index (Phi) is 8.04. The first-order valence-corrected chi connectivity index (χ1v) is 15.7. The molecule has 206 valence electrons. The van der Waals surface area contributed by atoms with Crippen molar-refractivity contribution in [1.82, 2.24) is 4.90 Å². The smallest absolute Gasteiger partial charge is 0.357 e. The molecule has 2 saturated carbocycles. The van der Waals surface area contributed by atoms with Crippen LogP contribution in [0.25, 0.3) is 0 Å². The predicted molar refractivity (Wildman–Crippen MR) is 146 cm³/mol. The minimum absolute atomic E-state index is 0.0310. The summed E-state index contributed by atoms with van der Waals surface area (Å²) in [5.41, 5.74) is 2.89. The fraction of sp³-hybridized carbons (Fsp3) is 0.724. The number of unbranched alkanes of at least 4 members (excludes halogenated alkanes) is 3. The van der Waals surface area contributed by atoms with Crippen molar-refractivity contribution < 1.29 is 22.8 Å². The van der Waals surface area contributed by atoms with E-state index in [2.05, 4.69) is 34.8 Å². The topological polar surface area (TPSA) is 99.1 Å². The number of benzene rings is 1. The molecule has 4 aliphatic rings. The average molecular weight is 533 g/mol. The summed E-state index contributed by atoms with van der Waals surface area (Å²) in [6.07, 6.45) is 15.4. The van der Waals surface area contributed by atoms with Crippen molar-refractivity contribution in [3.63, 3.8) is 0 Å². The molecule has 0 radical (unpaired) electrons. The van der Waals surface area contributed by atoms with Gasteiger partial charge in [-0.05, 0) is 110 Å². The quantitative estimate of drug-likeness (QED) is 0.237. The van der Waals surface area contributed by atoms with Gasteiger partial charge < -0.3 is 9.84 Å². The van der Waals surface area contributed by atoms with E-state index in [1.807, 2.05) is 6.07 Å². The highest BCUT2D eigenvalue weighted by Gasteiger charge is 2.60. The van der Waals surface area contributed by atoms with Crippen LogP contribution in [0.2, 0.25) is 0 Å². The first-order chi connectivity index (χ1) is 17.7. The monoisotopic (exact) mass is 532 g/mol. The van der Waals surface area contributed by atoms with Crippen LogP contribution in [0.15, 0.2) is 30.4 Å². The maximum atomic E-state index is 11.3. The maximum absolute atomic E-state index is 11.3. The number of aliphatic hydroxyl groups is 1. The third-order valence-corrected chi connectivity index (χ3v) is 10.5. The SMILES string of the molecule is C[C@]12CCC3c4ccc(NS(=O)(=O)O)cc4CCC3(C=CCCCCCN3CCOCC3)C1CC[C@@H]2O. The summed E-state index contributed by atoms with van der Waals surface area (Å²) in [5.74, 6) is 0.826. The van der Waals surface area contributed by atoms with E-state index >= 15 is 0 Å². The highest BCUT2D eigenvalue weighted by Crippen LogP contribution is 2.67. The van der Waals surface area contributed by atoms with Crippen LogP contribution in [-0.4, -0.2) is 61.9 Å². The van der Waals surface area contributed by atoms with Gasteiger partial charge in [-0.15, -0.1) is 0 Å². The van der Waals surface area contributed by atoms with Crippen molar-refractivity contribution in [3.8, 4) is 0 Å². The molecule has 7 nitrogen and oxygen atoms in total. The van der Waals surface area contributed by atoms with E-state index < -0.39 is 10.3 Å². The van der Waals surface area contributed by atoms with Crippen LogP contribution in [0, 0.1) is 16.7 Å². The number of aliphatic hydroxyl groups excluding tert-OH is 1. The zero-order valence-electron chi connectivity index (χ0n) is 22.2. The van der Waals surface area contributed by atoms with Crippen LogP contribution >= 0.6 is 0 Å². The zero-order valence-corrected chi connectivity index (χ0v) is 23.0. The molecule has 1 saturated heterocycles. The highest BCUT2D eigenvalue weighted by molar-refractivity contribution is 7.87. The number of aryl methyl sites for hydroxylation is 1. The lowest BCUT2D eigenvalue weighted by Crippen LogP contribution is -2.50. The van der Waals surface area contributed by atoms with Gasteiger partial charge in [0.1, 0.15) is 0 Å². The van der Waals surface area contributed by atoms with Gasteiger partial charge >= 0.3 is 10.3 Å². The number of hydrogen-bond acceptors (Lipinski definition) is 5. The molecule has 8 heteroatoms. The Balaban J connectivity index is 1.30. The summed E-state index contributed by atoms with van der Waals surface area (Å²) in [7, 11) is -4.29. The fourth-order valence-corrected chi connectivity index (χ4v) is 8.57. The number of morpholine rings is 1. The Labute approximate surface area is 222 Å². The first kappa shape index (κ1) is 27.1. The Bertz CT molecular complexity index is 1090. The number of nitrogens with zero attached hydrogens (tertiary/aromatic N) is 1. The minimum atomic E-state index is -4.29. The van der Waals surface area contributed by atoms with Gasteiger partial charge in [0.15, 0.2) is 0 Å². The molecular formula is C29H44N2O5S. The summed E-state index contributed by atoms with van der Waals surface area (Å²) in [4.78, 5) is 2.51. The second-order valence-electron chi connectivity index (χ2n) is 12.1. The number of allylic oxidation sites excluding steroid dienone is 2.